The van der Waals surface area contributed by atoms with Gasteiger partial charge in [-0.1, -0.05) is 5.21 Å². The van der Waals surface area contributed by atoms with E-state index in [0.29, 0.717) is 0 Å². The van der Waals surface area contributed by atoms with Crippen molar-refractivity contribution in [2.24, 2.45) is 7.05 Å². The van der Waals surface area contributed by atoms with Crippen molar-refractivity contribution in [3.8, 4) is 0 Å². The number of halogens is 1. The fraction of sp³-hybridized carbons (Fsp3) is 0.667. The molecule has 0 bridgehead atoms. The highest BCUT2D eigenvalue weighted by Gasteiger charge is 2.27. The molecule has 1 rings (SSSR count). The second-order valence-corrected chi connectivity index (χ2v) is 5.57. The van der Waals surface area contributed by atoms with E-state index >= 15 is 0 Å². The van der Waals surface area contributed by atoms with E-state index in [1.807, 2.05) is 0 Å². The minimum Gasteiger partial charge on any atom is -0.395 e. The Kier molecular flexibility index (Phi) is 3.82. The van der Waals surface area contributed by atoms with Gasteiger partial charge >= 0.3 is 0 Å². The predicted molar refractivity (Wildman–Crippen MR) is 55.6 cm³/mol. The van der Waals surface area contributed by atoms with Crippen molar-refractivity contribution in [2.75, 3.05) is 20.2 Å². The summed E-state index contributed by atoms with van der Waals surface area (Å²) in [4.78, 5) is 0. The van der Waals surface area contributed by atoms with Gasteiger partial charge in [-0.3, -0.25) is 0 Å². The molecule has 1 N–H and O–H groups in total. The Balaban J connectivity index is 3.17. The largest absolute Gasteiger partial charge is 0.395 e. The second-order valence-electron chi connectivity index (χ2n) is 2.86. The van der Waals surface area contributed by atoms with Gasteiger partial charge in [0.25, 0.3) is 10.0 Å². The molecular formula is C6H11BrN4O3S. The average molecular weight is 299 g/mol. The number of aliphatic hydroxyl groups is 1. The molecule has 0 radical (unpaired) electrons. The lowest BCUT2D eigenvalue weighted by Crippen LogP contribution is -2.31. The van der Waals surface area contributed by atoms with Gasteiger partial charge in [-0.15, -0.1) is 5.10 Å². The monoisotopic (exact) mass is 298 g/mol. The Bertz CT molecular complexity index is 424. The zero-order valence-electron chi connectivity index (χ0n) is 8.25. The third kappa shape index (κ3) is 2.36. The first-order valence-corrected chi connectivity index (χ1v) is 6.27. The number of likely N-dealkylation sites (N-methyl/N-ethyl adjacent to an activating group) is 1. The summed E-state index contributed by atoms with van der Waals surface area (Å²) in [5.74, 6) is 0. The zero-order chi connectivity index (χ0) is 11.6. The summed E-state index contributed by atoms with van der Waals surface area (Å²) in [5, 5.41) is 15.8. The van der Waals surface area contributed by atoms with E-state index in [0.717, 1.165) is 8.99 Å². The first-order valence-electron chi connectivity index (χ1n) is 4.03. The van der Waals surface area contributed by atoms with Crippen LogP contribution in [0, 0.1) is 0 Å². The van der Waals surface area contributed by atoms with Crippen LogP contribution in [0.15, 0.2) is 9.63 Å². The van der Waals surface area contributed by atoms with Gasteiger partial charge < -0.3 is 5.11 Å². The van der Waals surface area contributed by atoms with Gasteiger partial charge in [-0.2, -0.15) is 4.31 Å². The lowest BCUT2D eigenvalue weighted by Gasteiger charge is -2.15. The number of hydrogen-bond acceptors (Lipinski definition) is 5. The molecule has 1 heterocycles. The maximum Gasteiger partial charge on any atom is 0.262 e. The standard InChI is InChI=1S/C6H11BrN4O3S/c1-10(3-4-12)15(13,14)6-5(7)8-9-11(6)2/h12H,3-4H2,1-2H3. The van der Waals surface area contributed by atoms with Gasteiger partial charge in [-0.05, 0) is 15.9 Å². The first-order chi connectivity index (χ1) is 6.91. The summed E-state index contributed by atoms with van der Waals surface area (Å²) in [6.45, 7) is -0.210. The van der Waals surface area contributed by atoms with E-state index in [-0.39, 0.29) is 22.8 Å². The smallest absolute Gasteiger partial charge is 0.262 e. The van der Waals surface area contributed by atoms with Gasteiger partial charge in [0.2, 0.25) is 5.03 Å². The van der Waals surface area contributed by atoms with E-state index in [1.165, 1.54) is 14.1 Å². The molecule has 0 saturated carbocycles. The Morgan fingerprint density at radius 3 is 2.60 bits per heavy atom. The lowest BCUT2D eigenvalue weighted by molar-refractivity contribution is 0.266. The van der Waals surface area contributed by atoms with Crippen molar-refractivity contribution in [3.63, 3.8) is 0 Å². The molecule has 0 spiro atoms. The Hall–Kier alpha value is -0.510. The highest BCUT2D eigenvalue weighted by Crippen LogP contribution is 2.20. The molecule has 86 valence electrons. The van der Waals surface area contributed by atoms with Crippen LogP contribution >= 0.6 is 15.9 Å². The predicted octanol–water partition coefficient (Wildman–Crippen LogP) is -0.810. The molecule has 1 aromatic rings. The molecule has 0 aliphatic rings. The Morgan fingerprint density at radius 1 is 1.60 bits per heavy atom. The number of aromatic nitrogens is 3. The lowest BCUT2D eigenvalue weighted by atomic mass is 10.7. The van der Waals surface area contributed by atoms with Gasteiger partial charge in [0.1, 0.15) is 0 Å². The number of rotatable bonds is 4. The topological polar surface area (TPSA) is 88.3 Å². The normalized spacial score (nSPS) is 12.3. The van der Waals surface area contributed by atoms with Crippen molar-refractivity contribution in [3.05, 3.63) is 4.60 Å². The third-order valence-electron chi connectivity index (χ3n) is 1.81. The number of hydrogen-bond donors (Lipinski definition) is 1. The SMILES string of the molecule is CN(CCO)S(=O)(=O)c1c(Br)nnn1C. The second kappa shape index (κ2) is 4.56. The summed E-state index contributed by atoms with van der Waals surface area (Å²) in [5.41, 5.74) is 0. The van der Waals surface area contributed by atoms with Gasteiger partial charge in [0, 0.05) is 20.6 Å². The van der Waals surface area contributed by atoms with Crippen LogP contribution in [0.4, 0.5) is 0 Å². The number of sulfonamides is 1. The molecule has 0 aliphatic heterocycles. The van der Waals surface area contributed by atoms with Crippen molar-refractivity contribution < 1.29 is 13.5 Å². The summed E-state index contributed by atoms with van der Waals surface area (Å²) < 4.78 is 26.2. The molecule has 0 unspecified atom stereocenters. The fourth-order valence-corrected chi connectivity index (χ4v) is 3.19. The molecule has 0 atom stereocenters. The van der Waals surface area contributed by atoms with Gasteiger partial charge in [0.05, 0.1) is 6.61 Å². The zero-order valence-corrected chi connectivity index (χ0v) is 10.7. The van der Waals surface area contributed by atoms with Gasteiger partial charge in [0.15, 0.2) is 4.60 Å². The van der Waals surface area contributed by atoms with E-state index in [1.54, 1.807) is 0 Å². The summed E-state index contributed by atoms with van der Waals surface area (Å²) in [6, 6.07) is 0. The third-order valence-corrected chi connectivity index (χ3v) is 4.55. The quantitative estimate of drug-likeness (QED) is 0.785. The van der Waals surface area contributed by atoms with Crippen LogP contribution in [-0.2, 0) is 17.1 Å². The average Bonchev–Trinajstić information content (AvgIpc) is 2.46. The van der Waals surface area contributed by atoms with Crippen molar-refractivity contribution in [2.45, 2.75) is 5.03 Å². The van der Waals surface area contributed by atoms with Crippen LogP contribution in [0.25, 0.3) is 0 Å². The minimum atomic E-state index is -3.65. The van der Waals surface area contributed by atoms with E-state index in [4.69, 9.17) is 5.11 Å². The molecule has 9 heteroatoms. The van der Waals surface area contributed by atoms with E-state index < -0.39 is 10.0 Å². The van der Waals surface area contributed by atoms with Crippen molar-refractivity contribution in [1.82, 2.24) is 19.3 Å². The molecule has 0 fully saturated rings. The fourth-order valence-electron chi connectivity index (χ4n) is 1.01. The molecule has 0 saturated heterocycles. The molecule has 1 aromatic heterocycles. The summed E-state index contributed by atoms with van der Waals surface area (Å²) in [7, 11) is -0.791. The van der Waals surface area contributed by atoms with Crippen LogP contribution < -0.4 is 0 Å². The van der Waals surface area contributed by atoms with Crippen LogP contribution in [0.2, 0.25) is 0 Å². The van der Waals surface area contributed by atoms with E-state index in [2.05, 4.69) is 26.2 Å². The maximum atomic E-state index is 11.9. The van der Waals surface area contributed by atoms with Crippen LogP contribution in [0.1, 0.15) is 0 Å². The highest BCUT2D eigenvalue weighted by atomic mass is 79.9. The molecule has 0 aromatic carbocycles. The highest BCUT2D eigenvalue weighted by molar-refractivity contribution is 9.10. The molecular weight excluding hydrogens is 288 g/mol. The van der Waals surface area contributed by atoms with Crippen molar-refractivity contribution >= 4 is 26.0 Å². The van der Waals surface area contributed by atoms with Crippen molar-refractivity contribution in [1.29, 1.82) is 0 Å². The number of aryl methyl sites for hydroxylation is 1. The summed E-state index contributed by atoms with van der Waals surface area (Å²) in [6.07, 6.45) is 0. The minimum absolute atomic E-state index is 0.0277. The number of aliphatic hydroxyl groups excluding tert-OH is 1. The Morgan fingerprint density at radius 2 is 2.20 bits per heavy atom. The summed E-state index contributed by atoms with van der Waals surface area (Å²) >= 11 is 3.01. The van der Waals surface area contributed by atoms with Crippen LogP contribution in [-0.4, -0.2) is 53.0 Å². The van der Waals surface area contributed by atoms with Crippen LogP contribution in [0.3, 0.4) is 0 Å². The van der Waals surface area contributed by atoms with Crippen LogP contribution in [0.5, 0.6) is 0 Å². The van der Waals surface area contributed by atoms with Gasteiger partial charge in [-0.25, -0.2) is 13.1 Å². The van der Waals surface area contributed by atoms with E-state index in [9.17, 15) is 8.42 Å². The number of nitrogens with zero attached hydrogens (tertiary/aromatic N) is 4. The Labute approximate surface area is 95.9 Å². The molecule has 7 nitrogen and oxygen atoms in total. The molecule has 0 amide bonds. The molecule has 0 aliphatic carbocycles. The molecule has 15 heavy (non-hydrogen) atoms. The first kappa shape index (κ1) is 12.6. The maximum absolute atomic E-state index is 11.9.